The van der Waals surface area contributed by atoms with Crippen molar-refractivity contribution in [3.63, 3.8) is 0 Å². The number of nitrogens with one attached hydrogen (secondary N) is 2. The molecule has 0 spiro atoms. The van der Waals surface area contributed by atoms with Crippen molar-refractivity contribution in [3.05, 3.63) is 52.6 Å². The molecule has 0 saturated carbocycles. The van der Waals surface area contributed by atoms with E-state index < -0.39 is 4.92 Å². The van der Waals surface area contributed by atoms with Gasteiger partial charge in [0.15, 0.2) is 17.5 Å². The zero-order chi connectivity index (χ0) is 18.9. The predicted molar refractivity (Wildman–Crippen MR) is 117 cm³/mol. The molecule has 10 heteroatoms. The number of hydrogen-bond acceptors (Lipinski definition) is 6. The Labute approximate surface area is 174 Å². The van der Waals surface area contributed by atoms with Gasteiger partial charge in [0.1, 0.15) is 5.69 Å². The van der Waals surface area contributed by atoms with Crippen LogP contribution in [0.2, 0.25) is 0 Å². The summed E-state index contributed by atoms with van der Waals surface area (Å²) >= 11 is 0. The van der Waals surface area contributed by atoms with Gasteiger partial charge in [-0.15, -0.1) is 24.0 Å². The number of guanidine groups is 1. The molecule has 146 valence electrons. The van der Waals surface area contributed by atoms with Crippen LogP contribution in [0.1, 0.15) is 0 Å². The molecule has 2 rings (SSSR count). The van der Waals surface area contributed by atoms with E-state index in [9.17, 15) is 10.1 Å². The molecular weight excluding hydrogens is 465 g/mol. The number of nitrogens with two attached hydrogens (primary N) is 1. The molecule has 0 heterocycles. The lowest BCUT2D eigenvalue weighted by Crippen LogP contribution is -2.23. The number of nitro benzene ring substituents is 1. The predicted octanol–water partition coefficient (Wildman–Crippen LogP) is 3.07. The first kappa shape index (κ1) is 22.3. The van der Waals surface area contributed by atoms with Crippen LogP contribution in [0.25, 0.3) is 0 Å². The Hall–Kier alpha value is -2.76. The van der Waals surface area contributed by atoms with Crippen LogP contribution < -0.4 is 25.8 Å². The van der Waals surface area contributed by atoms with Crippen LogP contribution in [0.5, 0.6) is 11.5 Å². The second-order valence-corrected chi connectivity index (χ2v) is 5.16. The van der Waals surface area contributed by atoms with Crippen LogP contribution in [0.3, 0.4) is 0 Å². The average Bonchev–Trinajstić information content (AvgIpc) is 2.65. The normalized spacial score (nSPS) is 10.5. The lowest BCUT2D eigenvalue weighted by molar-refractivity contribution is -0.384. The molecule has 27 heavy (non-hydrogen) atoms. The summed E-state index contributed by atoms with van der Waals surface area (Å²) in [5, 5.41) is 16.9. The topological polar surface area (TPSA) is 124 Å². The van der Waals surface area contributed by atoms with E-state index in [1.165, 1.54) is 6.07 Å². The van der Waals surface area contributed by atoms with Crippen LogP contribution in [0.15, 0.2) is 47.5 Å². The van der Waals surface area contributed by atoms with Crippen molar-refractivity contribution >= 4 is 47.0 Å². The van der Waals surface area contributed by atoms with Crippen LogP contribution in [0, 0.1) is 10.1 Å². The van der Waals surface area contributed by atoms with Crippen molar-refractivity contribution < 1.29 is 14.4 Å². The van der Waals surface area contributed by atoms with Gasteiger partial charge in [-0.1, -0.05) is 12.1 Å². The van der Waals surface area contributed by atoms with Crippen LogP contribution in [-0.4, -0.2) is 38.2 Å². The molecule has 0 saturated heterocycles. The highest BCUT2D eigenvalue weighted by Crippen LogP contribution is 2.29. The highest BCUT2D eigenvalue weighted by atomic mass is 127. The maximum Gasteiger partial charge on any atom is 0.292 e. The van der Waals surface area contributed by atoms with E-state index >= 15 is 0 Å². The molecule has 9 nitrogen and oxygen atoms in total. The zero-order valence-corrected chi connectivity index (χ0v) is 17.3. The summed E-state index contributed by atoms with van der Waals surface area (Å²) in [5.41, 5.74) is 7.03. The van der Waals surface area contributed by atoms with Gasteiger partial charge < -0.3 is 25.8 Å². The molecule has 0 unspecified atom stereocenters. The molecule has 4 N–H and O–H groups in total. The van der Waals surface area contributed by atoms with E-state index in [4.69, 9.17) is 15.2 Å². The summed E-state index contributed by atoms with van der Waals surface area (Å²) in [4.78, 5) is 14.7. The Balaban J connectivity index is 0.00000364. The van der Waals surface area contributed by atoms with Crippen molar-refractivity contribution in [1.29, 1.82) is 0 Å². The summed E-state index contributed by atoms with van der Waals surface area (Å²) in [6.07, 6.45) is 0. The molecule has 0 fully saturated rings. The SMILES string of the molecule is COc1ccc(NC(N)=NCCNc2ccccc2[N+](=O)[O-])cc1OC.I. The highest BCUT2D eigenvalue weighted by Gasteiger charge is 2.11. The first-order chi connectivity index (χ1) is 12.5. The first-order valence-electron chi connectivity index (χ1n) is 7.81. The van der Waals surface area contributed by atoms with Gasteiger partial charge in [0, 0.05) is 24.4 Å². The van der Waals surface area contributed by atoms with Gasteiger partial charge >= 0.3 is 0 Å². The maximum atomic E-state index is 11.0. The molecule has 0 aliphatic carbocycles. The largest absolute Gasteiger partial charge is 0.493 e. The zero-order valence-electron chi connectivity index (χ0n) is 15.0. The number of benzene rings is 2. The fraction of sp³-hybridized carbons (Fsp3) is 0.235. The second kappa shape index (κ2) is 11.1. The Morgan fingerprint density at radius 2 is 1.89 bits per heavy atom. The number of para-hydroxylation sites is 2. The van der Waals surface area contributed by atoms with Crippen LogP contribution in [0.4, 0.5) is 17.1 Å². The van der Waals surface area contributed by atoms with Crippen molar-refractivity contribution in [3.8, 4) is 11.5 Å². The third-order valence-electron chi connectivity index (χ3n) is 3.47. The smallest absolute Gasteiger partial charge is 0.292 e. The summed E-state index contributed by atoms with van der Waals surface area (Å²) in [6.45, 7) is 0.747. The Bertz CT molecular complexity index is 801. The number of anilines is 2. The third kappa shape index (κ3) is 6.47. The van der Waals surface area contributed by atoms with Crippen molar-refractivity contribution in [2.45, 2.75) is 0 Å². The molecule has 0 aromatic heterocycles. The molecular formula is C17H22IN5O4. The van der Waals surface area contributed by atoms with E-state index in [-0.39, 0.29) is 35.6 Å². The van der Waals surface area contributed by atoms with E-state index in [0.29, 0.717) is 36.0 Å². The minimum absolute atomic E-state index is 0. The molecule has 0 aliphatic heterocycles. The number of rotatable bonds is 8. The summed E-state index contributed by atoms with van der Waals surface area (Å²) in [5.74, 6) is 1.41. The quantitative estimate of drug-likeness (QED) is 0.131. The molecule has 0 amide bonds. The minimum atomic E-state index is -0.432. The number of nitro groups is 1. The van der Waals surface area contributed by atoms with Gasteiger partial charge in [-0.2, -0.15) is 0 Å². The van der Waals surface area contributed by atoms with E-state index in [0.717, 1.165) is 0 Å². The fourth-order valence-electron chi connectivity index (χ4n) is 2.25. The van der Waals surface area contributed by atoms with Gasteiger partial charge in [0.05, 0.1) is 25.7 Å². The average molecular weight is 487 g/mol. The van der Waals surface area contributed by atoms with E-state index in [1.54, 1.807) is 50.6 Å². The van der Waals surface area contributed by atoms with Crippen molar-refractivity contribution in [1.82, 2.24) is 0 Å². The Morgan fingerprint density at radius 1 is 1.19 bits per heavy atom. The van der Waals surface area contributed by atoms with Gasteiger partial charge in [0.2, 0.25) is 0 Å². The maximum absolute atomic E-state index is 11.0. The number of hydrogen-bond donors (Lipinski definition) is 3. The second-order valence-electron chi connectivity index (χ2n) is 5.16. The molecule has 0 aliphatic rings. The van der Waals surface area contributed by atoms with E-state index in [1.807, 2.05) is 0 Å². The van der Waals surface area contributed by atoms with Crippen molar-refractivity contribution in [2.24, 2.45) is 10.7 Å². The molecule has 2 aromatic carbocycles. The van der Waals surface area contributed by atoms with Gasteiger partial charge in [-0.25, -0.2) is 0 Å². The summed E-state index contributed by atoms with van der Waals surface area (Å²) in [7, 11) is 3.11. The fourth-order valence-corrected chi connectivity index (χ4v) is 2.25. The number of methoxy groups -OCH3 is 2. The number of ether oxygens (including phenoxy) is 2. The number of aliphatic imine (C=N–C) groups is 1. The number of nitrogens with zero attached hydrogens (tertiary/aromatic N) is 2. The lowest BCUT2D eigenvalue weighted by atomic mass is 10.2. The third-order valence-corrected chi connectivity index (χ3v) is 3.47. The molecule has 2 aromatic rings. The molecule has 0 atom stereocenters. The van der Waals surface area contributed by atoms with Crippen molar-refractivity contribution in [2.75, 3.05) is 37.9 Å². The van der Waals surface area contributed by atoms with Gasteiger partial charge in [0.25, 0.3) is 5.69 Å². The molecule has 0 radical (unpaired) electrons. The number of halogens is 1. The van der Waals surface area contributed by atoms with E-state index in [2.05, 4.69) is 15.6 Å². The Morgan fingerprint density at radius 3 is 2.56 bits per heavy atom. The summed E-state index contributed by atoms with van der Waals surface area (Å²) in [6, 6.07) is 11.7. The van der Waals surface area contributed by atoms with Gasteiger partial charge in [-0.05, 0) is 18.2 Å². The summed E-state index contributed by atoms with van der Waals surface area (Å²) < 4.78 is 10.4. The Kier molecular flexibility index (Phi) is 9.13. The lowest BCUT2D eigenvalue weighted by Gasteiger charge is -2.11. The van der Waals surface area contributed by atoms with Crippen LogP contribution in [-0.2, 0) is 0 Å². The van der Waals surface area contributed by atoms with Gasteiger partial charge in [-0.3, -0.25) is 15.1 Å². The van der Waals surface area contributed by atoms with Crippen LogP contribution >= 0.6 is 24.0 Å². The standard InChI is InChI=1S/C17H21N5O4.HI/c1-25-15-8-7-12(11-16(15)26-2)21-17(18)20-10-9-19-13-5-3-4-6-14(13)22(23)24;/h3-8,11,19H,9-10H2,1-2H3,(H3,18,20,21);1H. The highest BCUT2D eigenvalue weighted by molar-refractivity contribution is 14.0. The monoisotopic (exact) mass is 487 g/mol. The first-order valence-corrected chi connectivity index (χ1v) is 7.81. The minimum Gasteiger partial charge on any atom is -0.493 e. The molecule has 0 bridgehead atoms.